The highest BCUT2D eigenvalue weighted by atomic mass is 16.3. The first kappa shape index (κ1) is 14.1. The van der Waals surface area contributed by atoms with Gasteiger partial charge in [-0.25, -0.2) is 0 Å². The van der Waals surface area contributed by atoms with Crippen LogP contribution in [0.2, 0.25) is 0 Å². The van der Waals surface area contributed by atoms with Crippen molar-refractivity contribution in [2.75, 3.05) is 0 Å². The van der Waals surface area contributed by atoms with E-state index in [0.717, 1.165) is 32.9 Å². The fraction of sp³-hybridized carbons (Fsp3) is 0. The molecule has 39 heavy (non-hydrogen) atoms. The average Bonchev–Trinajstić information content (AvgIpc) is 3.50. The van der Waals surface area contributed by atoms with Crippen molar-refractivity contribution in [3.63, 3.8) is 0 Å². The van der Waals surface area contributed by atoms with Gasteiger partial charge in [-0.15, -0.1) is 0 Å². The number of rotatable bonds is 3. The van der Waals surface area contributed by atoms with Gasteiger partial charge in [0, 0.05) is 10.8 Å². The Kier molecular flexibility index (Phi) is 3.16. The molecule has 1 aromatic heterocycles. The van der Waals surface area contributed by atoms with E-state index in [0.29, 0.717) is 32.9 Å². The number of furan rings is 1. The second kappa shape index (κ2) is 8.72. The van der Waals surface area contributed by atoms with E-state index in [1.54, 1.807) is 12.1 Å². The Balaban J connectivity index is 1.61. The zero-order chi connectivity index (χ0) is 34.5. The number of hydrogen-bond donors (Lipinski definition) is 0. The van der Waals surface area contributed by atoms with Gasteiger partial charge in [0.05, 0.1) is 13.7 Å². The Morgan fingerprint density at radius 3 is 1.82 bits per heavy atom. The maximum absolute atomic E-state index is 8.97. The highest BCUT2D eigenvalue weighted by molar-refractivity contribution is 6.26. The molecular formula is C38H24O. The Labute approximate surface area is 240 Å². The molecule has 0 bridgehead atoms. The Morgan fingerprint density at radius 2 is 1.05 bits per heavy atom. The third-order valence-electron chi connectivity index (χ3n) is 7.23. The Hall–Kier alpha value is -5.14. The highest BCUT2D eigenvalue weighted by Gasteiger charge is 2.20. The quantitative estimate of drug-likeness (QED) is 0.217. The van der Waals surface area contributed by atoms with Gasteiger partial charge < -0.3 is 4.42 Å². The predicted octanol–water partition coefficient (Wildman–Crippen LogP) is 10.9. The van der Waals surface area contributed by atoms with Crippen LogP contribution in [0.4, 0.5) is 0 Å². The summed E-state index contributed by atoms with van der Waals surface area (Å²) in [6.07, 6.45) is 0. The van der Waals surface area contributed by atoms with Crippen LogP contribution >= 0.6 is 0 Å². The minimum atomic E-state index is -0.512. The van der Waals surface area contributed by atoms with Gasteiger partial charge in [0.25, 0.3) is 0 Å². The lowest BCUT2D eigenvalue weighted by molar-refractivity contribution is 0.669. The average molecular weight is 507 g/mol. The molecule has 1 heteroatoms. The zero-order valence-electron chi connectivity index (χ0n) is 30.5. The molecule has 0 saturated carbocycles. The molecule has 8 aromatic rings. The molecule has 0 saturated heterocycles. The van der Waals surface area contributed by atoms with Gasteiger partial charge in [0.2, 0.25) is 0 Å². The van der Waals surface area contributed by atoms with E-state index in [1.807, 2.05) is 72.8 Å². The van der Waals surface area contributed by atoms with Gasteiger partial charge in [-0.2, -0.15) is 0 Å². The molecule has 0 aliphatic carbocycles. The van der Waals surface area contributed by atoms with Gasteiger partial charge in [-0.3, -0.25) is 0 Å². The smallest absolute Gasteiger partial charge is 0.136 e. The largest absolute Gasteiger partial charge is 0.456 e. The molecule has 0 unspecified atom stereocenters. The van der Waals surface area contributed by atoms with E-state index in [4.69, 9.17) is 18.1 Å². The summed E-state index contributed by atoms with van der Waals surface area (Å²) < 4.78 is 91.5. The van der Waals surface area contributed by atoms with Gasteiger partial charge in [0.1, 0.15) is 11.2 Å². The van der Waals surface area contributed by atoms with Crippen LogP contribution in [0, 0.1) is 0 Å². The number of fused-ring (bicyclic) bond motifs is 5. The highest BCUT2D eigenvalue weighted by Crippen LogP contribution is 2.47. The number of benzene rings is 7. The number of para-hydroxylation sites is 1. The van der Waals surface area contributed by atoms with E-state index in [2.05, 4.69) is 0 Å². The summed E-state index contributed by atoms with van der Waals surface area (Å²) in [6, 6.07) is 21.9. The molecular weight excluding hydrogens is 472 g/mol. The van der Waals surface area contributed by atoms with Crippen LogP contribution in [0.15, 0.2) is 150 Å². The standard InChI is InChI=1S/C38H24O/c1-3-12-25(13-4-1)27-22-23-30-33(24-27)36(26-14-5-2-6-15-26)28-16-7-8-17-29(28)37(30)32-19-11-21-35-38(32)31-18-9-10-20-34(31)39-35/h1-24H/i1D,2D,3D,4D,5D,6D,12D,13D,14D,15D. The molecule has 0 spiro atoms. The minimum Gasteiger partial charge on any atom is -0.456 e. The number of hydrogen-bond acceptors (Lipinski definition) is 1. The Morgan fingerprint density at radius 1 is 0.436 bits per heavy atom. The van der Waals surface area contributed by atoms with E-state index in [9.17, 15) is 0 Å². The predicted molar refractivity (Wildman–Crippen MR) is 165 cm³/mol. The van der Waals surface area contributed by atoms with Crippen LogP contribution in [-0.2, 0) is 0 Å². The molecule has 0 N–H and O–H groups in total. The summed E-state index contributed by atoms with van der Waals surface area (Å²) in [5, 5.41) is 4.35. The molecule has 0 fully saturated rings. The topological polar surface area (TPSA) is 13.1 Å². The molecule has 1 nitrogen and oxygen atoms in total. The molecule has 0 amide bonds. The van der Waals surface area contributed by atoms with Crippen molar-refractivity contribution in [1.29, 1.82) is 0 Å². The van der Waals surface area contributed by atoms with E-state index in [1.165, 1.54) is 0 Å². The monoisotopic (exact) mass is 506 g/mol. The van der Waals surface area contributed by atoms with Gasteiger partial charge >= 0.3 is 0 Å². The van der Waals surface area contributed by atoms with Crippen molar-refractivity contribution < 1.29 is 18.1 Å². The normalized spacial score (nSPS) is 15.2. The fourth-order valence-corrected chi connectivity index (χ4v) is 5.65. The first-order valence-corrected chi connectivity index (χ1v) is 12.5. The summed E-state index contributed by atoms with van der Waals surface area (Å²) in [5.74, 6) is 0. The second-order valence-electron chi connectivity index (χ2n) is 9.33. The van der Waals surface area contributed by atoms with Crippen LogP contribution in [-0.4, -0.2) is 0 Å². The summed E-state index contributed by atoms with van der Waals surface area (Å²) in [4.78, 5) is 0. The van der Waals surface area contributed by atoms with Crippen molar-refractivity contribution in [2.45, 2.75) is 0 Å². The zero-order valence-corrected chi connectivity index (χ0v) is 20.5. The lowest BCUT2D eigenvalue weighted by Crippen LogP contribution is -1.92. The van der Waals surface area contributed by atoms with E-state index in [-0.39, 0.29) is 35.3 Å². The van der Waals surface area contributed by atoms with Gasteiger partial charge in [-0.1, -0.05) is 127 Å². The summed E-state index contributed by atoms with van der Waals surface area (Å²) in [5.41, 5.74) is 3.77. The van der Waals surface area contributed by atoms with E-state index >= 15 is 0 Å². The molecule has 0 radical (unpaired) electrons. The third kappa shape index (κ3) is 3.41. The first-order chi connectivity index (χ1) is 23.5. The fourth-order valence-electron chi connectivity index (χ4n) is 5.65. The van der Waals surface area contributed by atoms with E-state index < -0.39 is 36.3 Å². The van der Waals surface area contributed by atoms with Crippen molar-refractivity contribution in [3.05, 3.63) is 145 Å². The SMILES string of the molecule is [2H]c1c([2H])c([2H])c(-c2ccc3c(-c4cccc5oc6ccccc6c45)c4ccccc4c(-c4c([2H])c([2H])c([2H])c([2H])c4[2H])c3c2)c([2H])c1[2H]. The maximum Gasteiger partial charge on any atom is 0.136 e. The summed E-state index contributed by atoms with van der Waals surface area (Å²) in [6.45, 7) is 0. The first-order valence-electron chi connectivity index (χ1n) is 17.5. The van der Waals surface area contributed by atoms with Crippen molar-refractivity contribution >= 4 is 43.5 Å². The summed E-state index contributed by atoms with van der Waals surface area (Å²) in [7, 11) is 0. The van der Waals surface area contributed by atoms with Crippen LogP contribution in [0.3, 0.4) is 0 Å². The third-order valence-corrected chi connectivity index (χ3v) is 7.23. The maximum atomic E-state index is 8.97. The van der Waals surface area contributed by atoms with Crippen LogP contribution in [0.25, 0.3) is 76.9 Å². The lowest BCUT2D eigenvalue weighted by Gasteiger charge is -2.19. The van der Waals surface area contributed by atoms with Crippen LogP contribution < -0.4 is 0 Å². The van der Waals surface area contributed by atoms with Gasteiger partial charge in [-0.05, 0) is 73.1 Å². The minimum absolute atomic E-state index is 0.00227. The molecule has 0 aliphatic rings. The molecule has 1 heterocycles. The Bertz CT molecular complexity index is 2670. The van der Waals surface area contributed by atoms with Crippen molar-refractivity contribution in [2.24, 2.45) is 0 Å². The second-order valence-corrected chi connectivity index (χ2v) is 9.33. The molecule has 0 aliphatic heterocycles. The van der Waals surface area contributed by atoms with Crippen molar-refractivity contribution in [3.8, 4) is 33.4 Å². The summed E-state index contributed by atoms with van der Waals surface area (Å²) >= 11 is 0. The molecule has 8 rings (SSSR count). The molecule has 182 valence electrons. The lowest BCUT2D eigenvalue weighted by atomic mass is 9.84. The molecule has 0 atom stereocenters. The van der Waals surface area contributed by atoms with Gasteiger partial charge in [0.15, 0.2) is 0 Å². The van der Waals surface area contributed by atoms with Crippen molar-refractivity contribution in [1.82, 2.24) is 0 Å². The van der Waals surface area contributed by atoms with Crippen LogP contribution in [0.1, 0.15) is 13.7 Å². The van der Waals surface area contributed by atoms with Crippen LogP contribution in [0.5, 0.6) is 0 Å². The molecule has 7 aromatic carbocycles.